The van der Waals surface area contributed by atoms with Crippen molar-refractivity contribution in [1.82, 2.24) is 0 Å². The molecule has 150 valence electrons. The minimum Gasteiger partial charge on any atom is -0.419 e. The number of rotatable bonds is 5. The highest BCUT2D eigenvalue weighted by Crippen LogP contribution is 2.34. The van der Waals surface area contributed by atoms with Crippen LogP contribution in [0.3, 0.4) is 0 Å². The van der Waals surface area contributed by atoms with Crippen molar-refractivity contribution in [3.63, 3.8) is 0 Å². The molecule has 0 saturated carbocycles. The highest BCUT2D eigenvalue weighted by atomic mass is 32.2. The third-order valence-electron chi connectivity index (χ3n) is 4.35. The number of anilines is 1. The van der Waals surface area contributed by atoms with Crippen LogP contribution in [0.2, 0.25) is 0 Å². The van der Waals surface area contributed by atoms with Gasteiger partial charge in [0.15, 0.2) is 5.70 Å². The summed E-state index contributed by atoms with van der Waals surface area (Å²) in [6, 6.07) is 13.9. The molecule has 3 amide bonds. The van der Waals surface area contributed by atoms with Crippen molar-refractivity contribution < 1.29 is 31.4 Å². The highest BCUT2D eigenvalue weighted by Gasteiger charge is 2.68. The highest BCUT2D eigenvalue weighted by molar-refractivity contribution is 7.87. The van der Waals surface area contributed by atoms with E-state index in [0.29, 0.717) is 5.69 Å². The predicted molar refractivity (Wildman–Crippen MR) is 104 cm³/mol. The predicted octanol–water partition coefficient (Wildman–Crippen LogP) is 2.72. The van der Waals surface area contributed by atoms with Gasteiger partial charge in [-0.3, -0.25) is 0 Å². The van der Waals surface area contributed by atoms with Crippen LogP contribution in [0.1, 0.15) is 12.5 Å². The monoisotopic (exact) mass is 415 g/mol. The van der Waals surface area contributed by atoms with E-state index in [4.69, 9.17) is 4.74 Å². The van der Waals surface area contributed by atoms with Crippen LogP contribution < -0.4 is 5.32 Å². The van der Waals surface area contributed by atoms with Crippen molar-refractivity contribution in [2.24, 2.45) is 0 Å². The van der Waals surface area contributed by atoms with E-state index in [1.165, 1.54) is 31.2 Å². The van der Waals surface area contributed by atoms with Crippen LogP contribution in [-0.2, 0) is 24.3 Å². The van der Waals surface area contributed by atoms with E-state index in [0.717, 1.165) is 11.6 Å². The van der Waals surface area contributed by atoms with Gasteiger partial charge >= 0.3 is 27.9 Å². The Labute approximate surface area is 168 Å². The third kappa shape index (κ3) is 3.24. The van der Waals surface area contributed by atoms with Gasteiger partial charge in [-0.1, -0.05) is 35.9 Å². The van der Waals surface area contributed by atoms with Gasteiger partial charge in [0.2, 0.25) is 0 Å². The van der Waals surface area contributed by atoms with Crippen molar-refractivity contribution in [2.75, 3.05) is 11.9 Å². The molecule has 0 aliphatic carbocycles. The van der Waals surface area contributed by atoms with Crippen molar-refractivity contribution in [1.29, 1.82) is 0 Å². The molecule has 0 radical (unpaired) electrons. The zero-order valence-corrected chi connectivity index (χ0v) is 16.6. The number of nitrogens with one attached hydrogen (secondary N) is 1. The summed E-state index contributed by atoms with van der Waals surface area (Å²) in [7, 11) is -4.79. The molecular weight excluding hydrogens is 396 g/mol. The maximum Gasteiger partial charge on any atom is 0.548 e. The Hall–Kier alpha value is -3.30. The maximum absolute atomic E-state index is 13.4. The first-order valence-electron chi connectivity index (χ1n) is 8.76. The number of sulfonamides is 1. The first-order valence-corrected chi connectivity index (χ1v) is 10.2. The number of aryl methyl sites for hydroxylation is 1. The van der Waals surface area contributed by atoms with Crippen LogP contribution in [0.15, 0.2) is 71.3 Å². The van der Waals surface area contributed by atoms with Crippen molar-refractivity contribution in [3.8, 4) is 0 Å². The lowest BCUT2D eigenvalue weighted by Crippen LogP contribution is -2.61. The normalized spacial score (nSPS) is 19.0. The average molecular weight is 415 g/mol. The molecule has 8 nitrogen and oxygen atoms in total. The van der Waals surface area contributed by atoms with E-state index in [1.807, 2.05) is 0 Å². The van der Waals surface area contributed by atoms with Gasteiger partial charge in [-0.05, 0) is 38.1 Å². The summed E-state index contributed by atoms with van der Waals surface area (Å²) in [5.74, 6) is -2.44. The van der Waals surface area contributed by atoms with Crippen molar-refractivity contribution in [2.45, 2.75) is 18.7 Å². The number of hydrogen-bond acceptors (Lipinski definition) is 7. The molecule has 0 spiro atoms. The molecule has 0 saturated heterocycles. The Morgan fingerprint density at radius 3 is 2.24 bits per heavy atom. The standard InChI is InChI=1S/C20H18N2O6S/c1-3-28-20(25)22(29(26,27)16-11-9-14(2)10-12-16)18(23)13-17(19(22)24)21-15-7-5-4-6-8-15/h4-13H,3H2,1-2H3/p+1. The smallest absolute Gasteiger partial charge is 0.419 e. The van der Waals surface area contributed by atoms with Gasteiger partial charge < -0.3 is 10.1 Å². The van der Waals surface area contributed by atoms with Crippen LogP contribution in [0.25, 0.3) is 0 Å². The number of quaternary nitrogens is 1. The number of amides is 3. The van der Waals surface area contributed by atoms with Crippen LogP contribution >= 0.6 is 0 Å². The van der Waals surface area contributed by atoms with E-state index in [1.54, 1.807) is 37.3 Å². The fourth-order valence-electron chi connectivity index (χ4n) is 2.89. The summed E-state index contributed by atoms with van der Waals surface area (Å²) in [5, 5.41) is 2.71. The second kappa shape index (κ2) is 7.61. The zero-order valence-electron chi connectivity index (χ0n) is 15.8. The lowest BCUT2D eigenvalue weighted by atomic mass is 10.2. The summed E-state index contributed by atoms with van der Waals surface area (Å²) in [4.78, 5) is 38.5. The molecule has 1 N–H and O–H groups in total. The van der Waals surface area contributed by atoms with Gasteiger partial charge in [-0.25, -0.2) is 9.59 Å². The molecule has 0 fully saturated rings. The first kappa shape index (κ1) is 20.4. The van der Waals surface area contributed by atoms with Gasteiger partial charge in [0.05, 0.1) is 12.7 Å². The molecule has 1 atom stereocenters. The third-order valence-corrected chi connectivity index (χ3v) is 6.44. The Bertz CT molecular complexity index is 1110. The zero-order chi connectivity index (χ0) is 21.2. The number of ether oxygens (including phenoxy) is 1. The fraction of sp³-hybridized carbons (Fsp3) is 0.150. The maximum atomic E-state index is 13.4. The second-order valence-corrected chi connectivity index (χ2v) is 8.26. The van der Waals surface area contributed by atoms with Gasteiger partial charge in [0, 0.05) is 9.58 Å². The number of nitrogens with zero attached hydrogens (tertiary/aromatic N) is 1. The molecule has 29 heavy (non-hydrogen) atoms. The number of carbonyl (C=O) groups excluding carboxylic acids is 3. The molecule has 2 aromatic rings. The summed E-state index contributed by atoms with van der Waals surface area (Å²) >= 11 is 0. The van der Waals surface area contributed by atoms with E-state index in [9.17, 15) is 22.8 Å². The molecule has 0 bridgehead atoms. The molecule has 1 unspecified atom stereocenters. The SMILES string of the molecule is CCOC(=O)[N+]1(S(=O)(=O)c2ccc(C)cc2)C(=O)C=C(Nc2ccccc2)C1=O. The fourth-order valence-corrected chi connectivity index (χ4v) is 4.55. The lowest BCUT2D eigenvalue weighted by molar-refractivity contribution is -0.564. The Morgan fingerprint density at radius 1 is 1.03 bits per heavy atom. The summed E-state index contributed by atoms with van der Waals surface area (Å²) < 4.78 is 29.5. The number of benzene rings is 2. The molecular formula is C20H19N2O6S+. The summed E-state index contributed by atoms with van der Waals surface area (Å²) in [6.45, 7) is 3.00. The molecule has 1 heterocycles. The average Bonchev–Trinajstić information content (AvgIpc) is 2.94. The van der Waals surface area contributed by atoms with Crippen LogP contribution in [0.4, 0.5) is 10.5 Å². The topological polar surface area (TPSA) is 107 Å². The molecule has 0 aromatic heterocycles. The number of imide groups is 3. The molecule has 9 heteroatoms. The van der Waals surface area contributed by atoms with Crippen LogP contribution in [0.5, 0.6) is 0 Å². The number of carbonyl (C=O) groups is 3. The van der Waals surface area contributed by atoms with Crippen molar-refractivity contribution >= 4 is 33.6 Å². The first-order chi connectivity index (χ1) is 13.7. The quantitative estimate of drug-likeness (QED) is 0.591. The summed E-state index contributed by atoms with van der Waals surface area (Å²) in [5.41, 5.74) is 0.914. The number of hydrogen-bond donors (Lipinski definition) is 1. The Morgan fingerprint density at radius 2 is 1.66 bits per heavy atom. The molecule has 2 aromatic carbocycles. The number of para-hydroxylation sites is 1. The van der Waals surface area contributed by atoms with Gasteiger partial charge in [-0.2, -0.15) is 13.2 Å². The second-order valence-electron chi connectivity index (χ2n) is 6.29. The molecule has 1 aliphatic rings. The van der Waals surface area contributed by atoms with E-state index >= 15 is 0 Å². The minimum absolute atomic E-state index is 0.204. The van der Waals surface area contributed by atoms with E-state index < -0.39 is 31.8 Å². The molecule has 1 aliphatic heterocycles. The van der Waals surface area contributed by atoms with Gasteiger partial charge in [0.25, 0.3) is 0 Å². The van der Waals surface area contributed by atoms with E-state index in [-0.39, 0.29) is 17.2 Å². The largest absolute Gasteiger partial charge is 0.548 e. The van der Waals surface area contributed by atoms with Crippen molar-refractivity contribution in [3.05, 3.63) is 71.9 Å². The van der Waals surface area contributed by atoms with Gasteiger partial charge in [0.1, 0.15) is 4.90 Å². The minimum atomic E-state index is -4.79. The van der Waals surface area contributed by atoms with Crippen LogP contribution in [0, 0.1) is 6.92 Å². The van der Waals surface area contributed by atoms with Crippen LogP contribution in [-0.4, -0.2) is 36.8 Å². The van der Waals surface area contributed by atoms with Gasteiger partial charge in [-0.15, -0.1) is 0 Å². The lowest BCUT2D eigenvalue weighted by Gasteiger charge is -2.24. The molecule has 3 rings (SSSR count). The Balaban J connectivity index is 2.13. The summed E-state index contributed by atoms with van der Waals surface area (Å²) in [6.07, 6.45) is -0.651. The Kier molecular flexibility index (Phi) is 5.36. The van der Waals surface area contributed by atoms with E-state index in [2.05, 4.69) is 5.32 Å².